The fourth-order valence-electron chi connectivity index (χ4n) is 3.20. The summed E-state index contributed by atoms with van der Waals surface area (Å²) >= 11 is 0. The topological polar surface area (TPSA) is 62.0 Å². The minimum absolute atomic E-state index is 0.117. The van der Waals surface area contributed by atoms with Crippen molar-refractivity contribution >= 4 is 5.69 Å². The average Bonchev–Trinajstić information content (AvgIpc) is 2.77. The normalized spacial score (nSPS) is 23.7. The lowest BCUT2D eigenvalue weighted by Gasteiger charge is -2.31. The first kappa shape index (κ1) is 16.1. The molecule has 1 fully saturated rings. The van der Waals surface area contributed by atoms with Crippen molar-refractivity contribution in [2.75, 3.05) is 39.2 Å². The van der Waals surface area contributed by atoms with E-state index in [9.17, 15) is 5.11 Å². The zero-order chi connectivity index (χ0) is 15.6. The Morgan fingerprint density at radius 3 is 2.76 bits per heavy atom. The summed E-state index contributed by atoms with van der Waals surface area (Å²) < 4.78 is 5.47. The van der Waals surface area contributed by atoms with Crippen molar-refractivity contribution < 1.29 is 9.84 Å². The molecule has 3 atom stereocenters. The minimum Gasteiger partial charge on any atom is -0.496 e. The monoisotopic (exact) mass is 293 g/mol. The fraction of sp³-hybridized carbons (Fsp3) is 0.625. The van der Waals surface area contributed by atoms with Gasteiger partial charge >= 0.3 is 0 Å². The average molecular weight is 293 g/mol. The molecular formula is C16H27N3O2. The van der Waals surface area contributed by atoms with Gasteiger partial charge in [-0.1, -0.05) is 6.07 Å². The number of hydrogen-bond acceptors (Lipinski definition) is 5. The SMILES string of the molecule is COc1cccc(N2CC(O)CC2CN(C)C)c1C(C)N. The Bertz CT molecular complexity index is 477. The molecule has 3 unspecified atom stereocenters. The molecule has 1 aromatic carbocycles. The second kappa shape index (κ2) is 6.64. The number of benzene rings is 1. The third kappa shape index (κ3) is 3.48. The number of methoxy groups -OCH3 is 1. The highest BCUT2D eigenvalue weighted by molar-refractivity contribution is 5.62. The number of nitrogens with zero attached hydrogens (tertiary/aromatic N) is 2. The number of rotatable bonds is 5. The van der Waals surface area contributed by atoms with E-state index < -0.39 is 0 Å². The predicted molar refractivity (Wildman–Crippen MR) is 85.9 cm³/mol. The Balaban J connectivity index is 2.39. The number of ether oxygens (including phenoxy) is 1. The summed E-state index contributed by atoms with van der Waals surface area (Å²) in [5.74, 6) is 0.812. The van der Waals surface area contributed by atoms with E-state index in [-0.39, 0.29) is 12.1 Å². The van der Waals surface area contributed by atoms with Crippen LogP contribution in [0.25, 0.3) is 0 Å². The van der Waals surface area contributed by atoms with Crippen LogP contribution in [0.1, 0.15) is 24.9 Å². The number of aliphatic hydroxyl groups is 1. The first-order valence-corrected chi connectivity index (χ1v) is 7.46. The summed E-state index contributed by atoms with van der Waals surface area (Å²) in [6, 6.07) is 6.17. The van der Waals surface area contributed by atoms with Crippen molar-refractivity contribution in [1.29, 1.82) is 0 Å². The van der Waals surface area contributed by atoms with Crippen molar-refractivity contribution in [2.24, 2.45) is 5.73 Å². The molecule has 1 aliphatic rings. The van der Waals surface area contributed by atoms with Gasteiger partial charge in [0.1, 0.15) is 5.75 Å². The molecule has 0 amide bonds. The molecule has 1 aliphatic heterocycles. The smallest absolute Gasteiger partial charge is 0.125 e. The third-order valence-electron chi connectivity index (χ3n) is 4.00. The molecule has 2 rings (SSSR count). The molecule has 118 valence electrons. The molecule has 1 aromatic rings. The summed E-state index contributed by atoms with van der Waals surface area (Å²) in [7, 11) is 5.78. The van der Waals surface area contributed by atoms with Crippen LogP contribution in [0.5, 0.6) is 5.75 Å². The maximum atomic E-state index is 10.1. The number of hydrogen-bond donors (Lipinski definition) is 2. The Kier molecular flexibility index (Phi) is 5.08. The Hall–Kier alpha value is -1.30. The first-order valence-electron chi connectivity index (χ1n) is 7.46. The maximum Gasteiger partial charge on any atom is 0.125 e. The van der Waals surface area contributed by atoms with Crippen LogP contribution in [-0.2, 0) is 0 Å². The van der Waals surface area contributed by atoms with Gasteiger partial charge in [-0.05, 0) is 39.6 Å². The molecule has 0 aliphatic carbocycles. The van der Waals surface area contributed by atoms with Gasteiger partial charge in [-0.3, -0.25) is 0 Å². The lowest BCUT2D eigenvalue weighted by molar-refractivity contribution is 0.191. The van der Waals surface area contributed by atoms with Crippen molar-refractivity contribution in [1.82, 2.24) is 4.90 Å². The van der Waals surface area contributed by atoms with Crippen molar-refractivity contribution in [3.05, 3.63) is 23.8 Å². The summed E-state index contributed by atoms with van der Waals surface area (Å²) in [6.45, 7) is 3.52. The third-order valence-corrected chi connectivity index (χ3v) is 4.00. The van der Waals surface area contributed by atoms with Crippen LogP contribution in [-0.4, -0.2) is 56.4 Å². The van der Waals surface area contributed by atoms with Crippen LogP contribution in [0, 0.1) is 0 Å². The van der Waals surface area contributed by atoms with Crippen molar-refractivity contribution in [3.8, 4) is 5.75 Å². The van der Waals surface area contributed by atoms with Gasteiger partial charge in [0.15, 0.2) is 0 Å². The zero-order valence-electron chi connectivity index (χ0n) is 13.4. The Labute approximate surface area is 127 Å². The van der Waals surface area contributed by atoms with Crippen LogP contribution in [0.15, 0.2) is 18.2 Å². The molecule has 5 nitrogen and oxygen atoms in total. The second-order valence-corrected chi connectivity index (χ2v) is 6.14. The summed E-state index contributed by atoms with van der Waals surface area (Å²) in [4.78, 5) is 4.42. The minimum atomic E-state index is -0.290. The lowest BCUT2D eigenvalue weighted by atomic mass is 10.0. The van der Waals surface area contributed by atoms with E-state index >= 15 is 0 Å². The van der Waals surface area contributed by atoms with Gasteiger partial charge in [0.2, 0.25) is 0 Å². The van der Waals surface area contributed by atoms with E-state index in [1.165, 1.54) is 0 Å². The van der Waals surface area contributed by atoms with E-state index in [4.69, 9.17) is 10.5 Å². The van der Waals surface area contributed by atoms with Crippen LogP contribution < -0.4 is 15.4 Å². The fourth-order valence-corrected chi connectivity index (χ4v) is 3.20. The maximum absolute atomic E-state index is 10.1. The van der Waals surface area contributed by atoms with Crippen molar-refractivity contribution in [3.63, 3.8) is 0 Å². The Morgan fingerprint density at radius 2 is 2.19 bits per heavy atom. The van der Waals surface area contributed by atoms with E-state index in [1.54, 1.807) is 7.11 Å². The molecule has 1 saturated heterocycles. The molecule has 5 heteroatoms. The van der Waals surface area contributed by atoms with Gasteiger partial charge in [0.25, 0.3) is 0 Å². The van der Waals surface area contributed by atoms with Crippen LogP contribution >= 0.6 is 0 Å². The highest BCUT2D eigenvalue weighted by atomic mass is 16.5. The predicted octanol–water partition coefficient (Wildman–Crippen LogP) is 1.22. The largest absolute Gasteiger partial charge is 0.496 e. The number of anilines is 1. The van der Waals surface area contributed by atoms with E-state index in [0.29, 0.717) is 12.6 Å². The first-order chi connectivity index (χ1) is 9.93. The number of likely N-dealkylation sites (N-methyl/N-ethyl adjacent to an activating group) is 1. The number of aliphatic hydroxyl groups excluding tert-OH is 1. The quantitative estimate of drug-likeness (QED) is 0.854. The van der Waals surface area contributed by atoms with Gasteiger partial charge in [-0.15, -0.1) is 0 Å². The molecular weight excluding hydrogens is 266 g/mol. The molecule has 21 heavy (non-hydrogen) atoms. The van der Waals surface area contributed by atoms with Gasteiger partial charge in [-0.2, -0.15) is 0 Å². The van der Waals surface area contributed by atoms with Crippen LogP contribution in [0.2, 0.25) is 0 Å². The van der Waals surface area contributed by atoms with Gasteiger partial charge in [0, 0.05) is 36.4 Å². The highest BCUT2D eigenvalue weighted by Gasteiger charge is 2.33. The molecule has 3 N–H and O–H groups in total. The van der Waals surface area contributed by atoms with Gasteiger partial charge in [0.05, 0.1) is 13.2 Å². The molecule has 0 radical (unpaired) electrons. The summed E-state index contributed by atoms with van der Waals surface area (Å²) in [5.41, 5.74) is 8.25. The molecule has 0 spiro atoms. The van der Waals surface area contributed by atoms with Crippen LogP contribution in [0.3, 0.4) is 0 Å². The number of nitrogens with two attached hydrogens (primary N) is 1. The van der Waals surface area contributed by atoms with E-state index in [1.807, 2.05) is 19.1 Å². The standard InChI is InChI=1S/C16H27N3O2/c1-11(17)16-14(6-5-7-15(16)21-4)19-10-13(20)8-12(19)9-18(2)3/h5-7,11-13,20H,8-10,17H2,1-4H3. The Morgan fingerprint density at radius 1 is 1.48 bits per heavy atom. The molecule has 1 heterocycles. The number of β-amino-alcohol motifs (C(OH)–C–C–N with tert-alkyl or cyclic N) is 1. The lowest BCUT2D eigenvalue weighted by Crippen LogP contribution is -2.38. The van der Waals surface area contributed by atoms with E-state index in [2.05, 4.69) is 30.0 Å². The van der Waals surface area contributed by atoms with Crippen molar-refractivity contribution in [2.45, 2.75) is 31.5 Å². The highest BCUT2D eigenvalue weighted by Crippen LogP contribution is 2.37. The molecule has 0 saturated carbocycles. The van der Waals surface area contributed by atoms with Crippen LogP contribution in [0.4, 0.5) is 5.69 Å². The zero-order valence-corrected chi connectivity index (χ0v) is 13.4. The summed E-state index contributed by atoms with van der Waals surface area (Å²) in [6.07, 6.45) is 0.496. The summed E-state index contributed by atoms with van der Waals surface area (Å²) in [5, 5.41) is 10.1. The second-order valence-electron chi connectivity index (χ2n) is 6.14. The molecule has 0 bridgehead atoms. The molecule has 0 aromatic heterocycles. The van der Waals surface area contributed by atoms with Gasteiger partial charge < -0.3 is 25.4 Å². The van der Waals surface area contributed by atoms with E-state index in [0.717, 1.165) is 30.0 Å². The van der Waals surface area contributed by atoms with Gasteiger partial charge in [-0.25, -0.2) is 0 Å².